The number of para-hydroxylation sites is 1. The van der Waals surface area contributed by atoms with Crippen molar-refractivity contribution in [3.05, 3.63) is 54.1 Å². The number of amides is 1. The van der Waals surface area contributed by atoms with Crippen LogP contribution >= 0.6 is 0 Å². The van der Waals surface area contributed by atoms with E-state index in [4.69, 9.17) is 11.2 Å². The summed E-state index contributed by atoms with van der Waals surface area (Å²) in [5.41, 5.74) is 0.403. The van der Waals surface area contributed by atoms with Gasteiger partial charge in [-0.15, -0.1) is 6.42 Å². The van der Waals surface area contributed by atoms with E-state index in [1.165, 1.54) is 27.4 Å². The van der Waals surface area contributed by atoms with E-state index in [-0.39, 0.29) is 29.7 Å². The molecule has 2 heterocycles. The van der Waals surface area contributed by atoms with Gasteiger partial charge in [-0.25, -0.2) is 8.42 Å². The summed E-state index contributed by atoms with van der Waals surface area (Å²) in [6.45, 7) is 0.564. The first kappa shape index (κ1) is 20.1. The minimum atomic E-state index is -3.85. The van der Waals surface area contributed by atoms with Gasteiger partial charge in [-0.3, -0.25) is 14.5 Å². The number of carbonyl (C=O) groups is 2. The van der Waals surface area contributed by atoms with Crippen molar-refractivity contribution in [2.75, 3.05) is 24.6 Å². The standard InChI is InChI=1S/C22H20N2O5S/c1-2-12-23-20-11-10-18(14-19(20)21(25)22(23)26)30(27,28)24-13-6-7-16(24)15-29-17-8-4-3-5-9-17/h1,3-5,8-11,14,16H,6-7,12-13,15H2. The number of Topliss-reactive ketones (excluding diaryl/α,β-unsaturated/α-hetero) is 1. The molecule has 7 nitrogen and oxygen atoms in total. The number of rotatable bonds is 6. The lowest BCUT2D eigenvalue weighted by molar-refractivity contribution is -0.114. The van der Waals surface area contributed by atoms with E-state index in [1.807, 2.05) is 30.3 Å². The smallest absolute Gasteiger partial charge is 0.300 e. The number of carbonyl (C=O) groups excluding carboxylic acids is 2. The maximum Gasteiger partial charge on any atom is 0.300 e. The van der Waals surface area contributed by atoms with Gasteiger partial charge in [0.15, 0.2) is 0 Å². The van der Waals surface area contributed by atoms with E-state index in [0.29, 0.717) is 24.4 Å². The number of hydrogen-bond acceptors (Lipinski definition) is 5. The lowest BCUT2D eigenvalue weighted by Crippen LogP contribution is -2.39. The number of sulfonamides is 1. The molecule has 0 spiro atoms. The fourth-order valence-corrected chi connectivity index (χ4v) is 5.53. The van der Waals surface area contributed by atoms with Crippen molar-refractivity contribution in [3.63, 3.8) is 0 Å². The molecule has 0 aromatic heterocycles. The predicted octanol–water partition coefficient (Wildman–Crippen LogP) is 2.08. The van der Waals surface area contributed by atoms with E-state index in [1.54, 1.807) is 0 Å². The number of ketones is 1. The van der Waals surface area contributed by atoms with Gasteiger partial charge in [0.2, 0.25) is 10.0 Å². The summed E-state index contributed by atoms with van der Waals surface area (Å²) in [7, 11) is -3.85. The second kappa shape index (κ2) is 7.94. The molecule has 1 atom stereocenters. The number of ether oxygens (including phenoxy) is 1. The molecule has 30 heavy (non-hydrogen) atoms. The van der Waals surface area contributed by atoms with Crippen molar-refractivity contribution in [1.29, 1.82) is 0 Å². The van der Waals surface area contributed by atoms with Crippen LogP contribution in [0.15, 0.2) is 53.4 Å². The number of hydrogen-bond donors (Lipinski definition) is 0. The quantitative estimate of drug-likeness (QED) is 0.524. The van der Waals surface area contributed by atoms with Crippen LogP contribution in [0.25, 0.3) is 0 Å². The zero-order chi connectivity index (χ0) is 21.3. The Morgan fingerprint density at radius 3 is 2.63 bits per heavy atom. The molecule has 0 saturated carbocycles. The maximum absolute atomic E-state index is 13.3. The van der Waals surface area contributed by atoms with Crippen molar-refractivity contribution in [2.45, 2.75) is 23.8 Å². The number of nitrogens with zero attached hydrogens (tertiary/aromatic N) is 2. The molecule has 8 heteroatoms. The third-order valence-electron chi connectivity index (χ3n) is 5.31. The van der Waals surface area contributed by atoms with E-state index in [9.17, 15) is 18.0 Å². The summed E-state index contributed by atoms with van der Waals surface area (Å²) >= 11 is 0. The Kier molecular flexibility index (Phi) is 5.33. The van der Waals surface area contributed by atoms with Crippen LogP contribution in [-0.2, 0) is 14.8 Å². The molecule has 2 aliphatic heterocycles. The molecule has 2 aromatic carbocycles. The molecule has 4 rings (SSSR count). The first-order chi connectivity index (χ1) is 14.4. The van der Waals surface area contributed by atoms with Gasteiger partial charge in [-0.1, -0.05) is 24.1 Å². The number of fused-ring (bicyclic) bond motifs is 1. The average Bonchev–Trinajstić information content (AvgIpc) is 3.33. The Bertz CT molecular complexity index is 1140. The third-order valence-corrected chi connectivity index (χ3v) is 7.26. The molecule has 2 aliphatic rings. The highest BCUT2D eigenvalue weighted by Crippen LogP contribution is 2.33. The van der Waals surface area contributed by atoms with Crippen molar-refractivity contribution in [2.24, 2.45) is 0 Å². The molecular formula is C22H20N2O5S. The highest BCUT2D eigenvalue weighted by atomic mass is 32.2. The molecule has 0 radical (unpaired) electrons. The van der Waals surface area contributed by atoms with Crippen LogP contribution in [0.1, 0.15) is 23.2 Å². The van der Waals surface area contributed by atoms with Crippen LogP contribution in [0.2, 0.25) is 0 Å². The van der Waals surface area contributed by atoms with Crippen molar-refractivity contribution >= 4 is 27.4 Å². The second-order valence-electron chi connectivity index (χ2n) is 7.14. The lowest BCUT2D eigenvalue weighted by Gasteiger charge is -2.24. The molecule has 2 aromatic rings. The van der Waals surface area contributed by atoms with Crippen LogP contribution < -0.4 is 9.64 Å². The summed E-state index contributed by atoms with van der Waals surface area (Å²) < 4.78 is 33.7. The largest absolute Gasteiger partial charge is 0.492 e. The fraction of sp³-hybridized carbons (Fsp3) is 0.273. The molecule has 0 N–H and O–H groups in total. The second-order valence-corrected chi connectivity index (χ2v) is 9.03. The van der Waals surface area contributed by atoms with Crippen LogP contribution in [-0.4, -0.2) is 50.2 Å². The van der Waals surface area contributed by atoms with Gasteiger partial charge in [0.25, 0.3) is 11.7 Å². The van der Waals surface area contributed by atoms with Crippen molar-refractivity contribution < 1.29 is 22.7 Å². The van der Waals surface area contributed by atoms with Crippen LogP contribution in [0.4, 0.5) is 5.69 Å². The van der Waals surface area contributed by atoms with Crippen LogP contribution in [0, 0.1) is 12.3 Å². The Morgan fingerprint density at radius 2 is 1.90 bits per heavy atom. The lowest BCUT2D eigenvalue weighted by atomic mass is 10.1. The minimum Gasteiger partial charge on any atom is -0.492 e. The van der Waals surface area contributed by atoms with Gasteiger partial charge in [0.1, 0.15) is 12.4 Å². The van der Waals surface area contributed by atoms with Gasteiger partial charge >= 0.3 is 0 Å². The first-order valence-corrected chi connectivity index (χ1v) is 11.0. The minimum absolute atomic E-state index is 0.0171. The van der Waals surface area contributed by atoms with Crippen LogP contribution in [0.3, 0.4) is 0 Å². The summed E-state index contributed by atoms with van der Waals surface area (Å²) in [6, 6.07) is 13.1. The first-order valence-electron chi connectivity index (χ1n) is 9.57. The normalized spacial score (nSPS) is 19.0. The van der Waals surface area contributed by atoms with Gasteiger partial charge in [-0.05, 0) is 43.2 Å². The van der Waals surface area contributed by atoms with Gasteiger partial charge in [0, 0.05) is 6.54 Å². The average molecular weight is 424 g/mol. The van der Waals surface area contributed by atoms with Crippen molar-refractivity contribution in [1.82, 2.24) is 4.31 Å². The van der Waals surface area contributed by atoms with E-state index < -0.39 is 21.7 Å². The van der Waals surface area contributed by atoms with Gasteiger partial charge in [-0.2, -0.15) is 4.31 Å². The van der Waals surface area contributed by atoms with Gasteiger partial charge < -0.3 is 4.74 Å². The topological polar surface area (TPSA) is 84.0 Å². The number of benzene rings is 2. The zero-order valence-corrected chi connectivity index (χ0v) is 17.0. The molecule has 1 unspecified atom stereocenters. The number of terminal acetylenes is 1. The Morgan fingerprint density at radius 1 is 1.13 bits per heavy atom. The molecule has 0 aliphatic carbocycles. The van der Waals surface area contributed by atoms with Crippen LogP contribution in [0.5, 0.6) is 5.75 Å². The summed E-state index contributed by atoms with van der Waals surface area (Å²) in [4.78, 5) is 25.6. The Hall–Kier alpha value is -3.15. The summed E-state index contributed by atoms with van der Waals surface area (Å²) in [5.74, 6) is 1.52. The molecule has 0 bridgehead atoms. The Labute approximate surface area is 175 Å². The number of anilines is 1. The third kappa shape index (κ3) is 3.47. The molecule has 1 saturated heterocycles. The maximum atomic E-state index is 13.3. The fourth-order valence-electron chi connectivity index (χ4n) is 3.83. The van der Waals surface area contributed by atoms with Gasteiger partial charge in [0.05, 0.1) is 28.7 Å². The molecule has 1 amide bonds. The Balaban J connectivity index is 1.58. The summed E-state index contributed by atoms with van der Waals surface area (Å²) in [5, 5.41) is 0. The monoisotopic (exact) mass is 424 g/mol. The summed E-state index contributed by atoms with van der Waals surface area (Å²) in [6.07, 6.45) is 6.68. The SMILES string of the molecule is C#CCN1C(=O)C(=O)c2cc(S(=O)(=O)N3CCCC3COc3ccccc3)ccc21. The predicted molar refractivity (Wildman–Crippen MR) is 111 cm³/mol. The van der Waals surface area contributed by atoms with E-state index in [2.05, 4.69) is 5.92 Å². The molecule has 154 valence electrons. The van der Waals surface area contributed by atoms with E-state index >= 15 is 0 Å². The molecule has 1 fully saturated rings. The highest BCUT2D eigenvalue weighted by Gasteiger charge is 2.39. The van der Waals surface area contributed by atoms with E-state index in [0.717, 1.165) is 6.42 Å². The van der Waals surface area contributed by atoms with Crippen molar-refractivity contribution in [3.8, 4) is 18.1 Å². The zero-order valence-electron chi connectivity index (χ0n) is 16.2. The highest BCUT2D eigenvalue weighted by molar-refractivity contribution is 7.89. The molecular weight excluding hydrogens is 404 g/mol.